The number of nitrogens with one attached hydrogen (secondary N) is 1. The van der Waals surface area contributed by atoms with Crippen molar-refractivity contribution < 1.29 is 18.8 Å². The van der Waals surface area contributed by atoms with E-state index in [1.807, 2.05) is 27.1 Å². The molecule has 1 heterocycles. The van der Waals surface area contributed by atoms with Crippen molar-refractivity contribution in [3.05, 3.63) is 23.7 Å². The average Bonchev–Trinajstić information content (AvgIpc) is 2.52. The van der Waals surface area contributed by atoms with Gasteiger partial charge >= 0.3 is 5.97 Å². The molecule has 1 rings (SSSR count). The molecule has 0 spiro atoms. The van der Waals surface area contributed by atoms with Crippen molar-refractivity contribution in [3.63, 3.8) is 0 Å². The zero-order valence-corrected chi connectivity index (χ0v) is 8.96. The predicted octanol–water partition coefficient (Wildman–Crippen LogP) is -0.0534. The fraction of sp³-hybridized carbons (Fsp3) is 0.500. The van der Waals surface area contributed by atoms with Gasteiger partial charge in [-0.1, -0.05) is 0 Å². The molecular formula is C10H16NO3+. The molecular weight excluding hydrogens is 182 g/mol. The first kappa shape index (κ1) is 10.8. The summed E-state index contributed by atoms with van der Waals surface area (Å²) in [4.78, 5) is 12.5. The van der Waals surface area contributed by atoms with E-state index in [0.717, 1.165) is 16.2 Å². The standard InChI is InChI=1S/C10H15NO3/c1-7-8(5-6-14-7)9(11(2)3)10(12)13-4/h5-6,9H,1-4H3/p+1/t9-/m1/s1. The lowest BCUT2D eigenvalue weighted by Crippen LogP contribution is -3.07. The van der Waals surface area contributed by atoms with E-state index >= 15 is 0 Å². The van der Waals surface area contributed by atoms with Gasteiger partial charge in [0, 0.05) is 0 Å². The molecule has 0 bridgehead atoms. The first-order valence-electron chi connectivity index (χ1n) is 4.49. The number of methoxy groups -OCH3 is 1. The van der Waals surface area contributed by atoms with Crippen molar-refractivity contribution in [1.29, 1.82) is 0 Å². The van der Waals surface area contributed by atoms with Crippen LogP contribution in [0.5, 0.6) is 0 Å². The lowest BCUT2D eigenvalue weighted by molar-refractivity contribution is -0.882. The fourth-order valence-electron chi connectivity index (χ4n) is 1.49. The highest BCUT2D eigenvalue weighted by molar-refractivity contribution is 5.76. The Morgan fingerprint density at radius 3 is 2.57 bits per heavy atom. The summed E-state index contributed by atoms with van der Waals surface area (Å²) in [5.41, 5.74) is 0.886. The molecule has 78 valence electrons. The number of carbonyl (C=O) groups is 1. The number of quaternary nitrogens is 1. The van der Waals surface area contributed by atoms with E-state index in [4.69, 9.17) is 9.15 Å². The molecule has 0 amide bonds. The zero-order valence-electron chi connectivity index (χ0n) is 8.96. The molecule has 0 aliphatic heterocycles. The highest BCUT2D eigenvalue weighted by Crippen LogP contribution is 2.16. The number of esters is 1. The quantitative estimate of drug-likeness (QED) is 0.692. The van der Waals surface area contributed by atoms with Gasteiger partial charge in [-0.15, -0.1) is 0 Å². The normalized spacial score (nSPS) is 12.9. The first-order valence-corrected chi connectivity index (χ1v) is 4.49. The maximum atomic E-state index is 11.5. The second-order valence-corrected chi connectivity index (χ2v) is 3.47. The fourth-order valence-corrected chi connectivity index (χ4v) is 1.49. The van der Waals surface area contributed by atoms with E-state index in [0.29, 0.717) is 0 Å². The second kappa shape index (κ2) is 4.28. The van der Waals surface area contributed by atoms with Crippen LogP contribution in [0.1, 0.15) is 17.4 Å². The Balaban J connectivity index is 3.00. The molecule has 0 saturated heterocycles. The van der Waals surface area contributed by atoms with Gasteiger partial charge in [-0.25, -0.2) is 4.79 Å². The van der Waals surface area contributed by atoms with Gasteiger partial charge in [0.2, 0.25) is 6.04 Å². The van der Waals surface area contributed by atoms with E-state index in [1.54, 1.807) is 6.26 Å². The Morgan fingerprint density at radius 1 is 1.57 bits per heavy atom. The van der Waals surface area contributed by atoms with Gasteiger partial charge in [0.05, 0.1) is 33.0 Å². The summed E-state index contributed by atoms with van der Waals surface area (Å²) in [6, 6.07) is 1.50. The third kappa shape index (κ3) is 1.96. The minimum Gasteiger partial charge on any atom is -0.469 e. The van der Waals surface area contributed by atoms with Crippen LogP contribution in [-0.2, 0) is 9.53 Å². The molecule has 1 N–H and O–H groups in total. The number of hydrogen-bond acceptors (Lipinski definition) is 3. The minimum absolute atomic E-state index is 0.241. The maximum Gasteiger partial charge on any atom is 0.369 e. The topological polar surface area (TPSA) is 43.9 Å². The molecule has 1 aromatic heterocycles. The number of hydrogen-bond donors (Lipinski definition) is 1. The molecule has 0 saturated carbocycles. The van der Waals surface area contributed by atoms with Crippen LogP contribution in [0.25, 0.3) is 0 Å². The van der Waals surface area contributed by atoms with Gasteiger partial charge in [-0.3, -0.25) is 0 Å². The number of furan rings is 1. The Hall–Kier alpha value is -1.29. The van der Waals surface area contributed by atoms with Gasteiger partial charge in [-0.2, -0.15) is 0 Å². The summed E-state index contributed by atoms with van der Waals surface area (Å²) in [6.07, 6.45) is 1.59. The van der Waals surface area contributed by atoms with Gasteiger partial charge in [0.25, 0.3) is 0 Å². The van der Waals surface area contributed by atoms with Crippen molar-refractivity contribution in [3.8, 4) is 0 Å². The monoisotopic (exact) mass is 198 g/mol. The van der Waals surface area contributed by atoms with Crippen LogP contribution < -0.4 is 4.90 Å². The van der Waals surface area contributed by atoms with Crippen molar-refractivity contribution in [2.45, 2.75) is 13.0 Å². The molecule has 1 atom stereocenters. The number of aryl methyl sites for hydroxylation is 1. The van der Waals surface area contributed by atoms with Gasteiger partial charge in [0.1, 0.15) is 5.76 Å². The lowest BCUT2D eigenvalue weighted by Gasteiger charge is -2.18. The maximum absolute atomic E-state index is 11.5. The van der Waals surface area contributed by atoms with Crippen molar-refractivity contribution in [2.75, 3.05) is 21.2 Å². The average molecular weight is 198 g/mol. The van der Waals surface area contributed by atoms with Crippen LogP contribution in [0, 0.1) is 6.92 Å². The van der Waals surface area contributed by atoms with Crippen LogP contribution >= 0.6 is 0 Å². The third-order valence-corrected chi connectivity index (χ3v) is 2.22. The molecule has 0 radical (unpaired) electrons. The smallest absolute Gasteiger partial charge is 0.369 e. The summed E-state index contributed by atoms with van der Waals surface area (Å²) in [7, 11) is 5.22. The molecule has 4 nitrogen and oxygen atoms in total. The van der Waals surface area contributed by atoms with E-state index in [1.165, 1.54) is 7.11 Å². The first-order chi connectivity index (χ1) is 6.57. The van der Waals surface area contributed by atoms with Gasteiger partial charge in [-0.05, 0) is 13.0 Å². The van der Waals surface area contributed by atoms with Crippen LogP contribution in [0.4, 0.5) is 0 Å². The van der Waals surface area contributed by atoms with Crippen LogP contribution in [0.2, 0.25) is 0 Å². The molecule has 0 aliphatic rings. The molecule has 0 unspecified atom stereocenters. The van der Waals surface area contributed by atoms with E-state index in [9.17, 15) is 4.79 Å². The number of ether oxygens (including phenoxy) is 1. The Morgan fingerprint density at radius 2 is 2.21 bits per heavy atom. The molecule has 4 heteroatoms. The summed E-state index contributed by atoms with van der Waals surface area (Å²) in [6.45, 7) is 1.84. The highest BCUT2D eigenvalue weighted by Gasteiger charge is 2.30. The molecule has 0 aromatic carbocycles. The molecule has 0 aliphatic carbocycles. The summed E-state index contributed by atoms with van der Waals surface area (Å²) in [5.74, 6) is 0.524. The second-order valence-electron chi connectivity index (χ2n) is 3.47. The van der Waals surface area contributed by atoms with Crippen LogP contribution in [0.15, 0.2) is 16.7 Å². The van der Waals surface area contributed by atoms with E-state index < -0.39 is 0 Å². The Kier molecular flexibility index (Phi) is 3.30. The van der Waals surface area contributed by atoms with Crippen molar-refractivity contribution >= 4 is 5.97 Å². The summed E-state index contributed by atoms with van der Waals surface area (Å²) in [5, 5.41) is 0. The predicted molar refractivity (Wildman–Crippen MR) is 51.0 cm³/mol. The number of carbonyl (C=O) groups excluding carboxylic acids is 1. The lowest BCUT2D eigenvalue weighted by atomic mass is 10.1. The third-order valence-electron chi connectivity index (χ3n) is 2.22. The minimum atomic E-state index is -0.307. The van der Waals surface area contributed by atoms with Crippen LogP contribution in [0.3, 0.4) is 0 Å². The Bertz CT molecular complexity index is 317. The summed E-state index contributed by atoms with van der Waals surface area (Å²) < 4.78 is 9.92. The summed E-state index contributed by atoms with van der Waals surface area (Å²) >= 11 is 0. The number of rotatable bonds is 3. The van der Waals surface area contributed by atoms with Crippen LogP contribution in [-0.4, -0.2) is 27.2 Å². The number of likely N-dealkylation sites (N-methyl/N-ethyl adjacent to an activating group) is 1. The molecule has 1 aromatic rings. The molecule has 0 fully saturated rings. The zero-order chi connectivity index (χ0) is 10.7. The SMILES string of the molecule is COC(=O)[C@@H](c1ccoc1C)[NH+](C)C. The van der Waals surface area contributed by atoms with Gasteiger partial charge < -0.3 is 14.1 Å². The van der Waals surface area contributed by atoms with Gasteiger partial charge in [0.15, 0.2) is 0 Å². The largest absolute Gasteiger partial charge is 0.469 e. The highest BCUT2D eigenvalue weighted by atomic mass is 16.5. The molecule has 14 heavy (non-hydrogen) atoms. The van der Waals surface area contributed by atoms with Crippen molar-refractivity contribution in [2.24, 2.45) is 0 Å². The van der Waals surface area contributed by atoms with E-state index in [2.05, 4.69) is 0 Å². The Labute approximate surface area is 83.5 Å². The van der Waals surface area contributed by atoms with E-state index in [-0.39, 0.29) is 12.0 Å². The van der Waals surface area contributed by atoms with Crippen molar-refractivity contribution in [1.82, 2.24) is 0 Å².